The van der Waals surface area contributed by atoms with Gasteiger partial charge in [-0.3, -0.25) is 0 Å². The Morgan fingerprint density at radius 3 is 2.50 bits per heavy atom. The SMILES string of the molecule is NCc1cc(Br)ccc1Br. The van der Waals surface area contributed by atoms with Crippen LogP contribution < -0.4 is 5.73 Å². The second-order valence-corrected chi connectivity index (χ2v) is 3.71. The van der Waals surface area contributed by atoms with Crippen molar-refractivity contribution in [2.24, 2.45) is 5.73 Å². The third kappa shape index (κ3) is 1.81. The summed E-state index contributed by atoms with van der Waals surface area (Å²) in [7, 11) is 0. The highest BCUT2D eigenvalue weighted by Crippen LogP contribution is 2.20. The maximum Gasteiger partial charge on any atom is 0.0220 e. The van der Waals surface area contributed by atoms with Gasteiger partial charge >= 0.3 is 0 Å². The van der Waals surface area contributed by atoms with Gasteiger partial charge in [-0.2, -0.15) is 0 Å². The van der Waals surface area contributed by atoms with E-state index in [1.165, 1.54) is 0 Å². The van der Waals surface area contributed by atoms with E-state index in [4.69, 9.17) is 5.73 Å². The standard InChI is InChI=1S/C7H7Br2N/c8-6-1-2-7(9)5(3-6)4-10/h1-3H,4,10H2. The predicted molar refractivity (Wildman–Crippen MR) is 49.7 cm³/mol. The lowest BCUT2D eigenvalue weighted by molar-refractivity contribution is 1.06. The van der Waals surface area contributed by atoms with E-state index in [1.54, 1.807) is 0 Å². The van der Waals surface area contributed by atoms with Gasteiger partial charge in [0, 0.05) is 15.5 Å². The molecule has 54 valence electrons. The average molecular weight is 265 g/mol. The van der Waals surface area contributed by atoms with Crippen molar-refractivity contribution >= 4 is 31.9 Å². The summed E-state index contributed by atoms with van der Waals surface area (Å²) in [5.41, 5.74) is 6.59. The zero-order valence-corrected chi connectivity index (χ0v) is 8.44. The molecule has 0 aliphatic heterocycles. The molecule has 0 atom stereocenters. The number of hydrogen-bond donors (Lipinski definition) is 1. The molecule has 0 aliphatic rings. The summed E-state index contributed by atoms with van der Waals surface area (Å²) >= 11 is 6.75. The van der Waals surface area contributed by atoms with Crippen molar-refractivity contribution in [3.63, 3.8) is 0 Å². The van der Waals surface area contributed by atoms with Crippen LogP contribution in [0.2, 0.25) is 0 Å². The van der Waals surface area contributed by atoms with Crippen LogP contribution in [0.1, 0.15) is 5.56 Å². The van der Waals surface area contributed by atoms with E-state index < -0.39 is 0 Å². The minimum atomic E-state index is 0.569. The number of hydrogen-bond acceptors (Lipinski definition) is 1. The van der Waals surface area contributed by atoms with Crippen molar-refractivity contribution in [2.75, 3.05) is 0 Å². The van der Waals surface area contributed by atoms with E-state index in [0.29, 0.717) is 6.54 Å². The molecule has 10 heavy (non-hydrogen) atoms. The molecule has 0 bridgehead atoms. The number of nitrogens with two attached hydrogens (primary N) is 1. The Morgan fingerprint density at radius 2 is 2.00 bits per heavy atom. The fraction of sp³-hybridized carbons (Fsp3) is 0.143. The third-order valence-electron chi connectivity index (χ3n) is 1.23. The highest BCUT2D eigenvalue weighted by molar-refractivity contribution is 9.11. The topological polar surface area (TPSA) is 26.0 Å². The van der Waals surface area contributed by atoms with Crippen molar-refractivity contribution < 1.29 is 0 Å². The zero-order chi connectivity index (χ0) is 7.56. The van der Waals surface area contributed by atoms with Gasteiger partial charge in [-0.15, -0.1) is 0 Å². The molecule has 0 spiro atoms. The molecule has 0 aromatic heterocycles. The Morgan fingerprint density at radius 1 is 1.30 bits per heavy atom. The van der Waals surface area contributed by atoms with Crippen molar-refractivity contribution in [3.05, 3.63) is 32.7 Å². The van der Waals surface area contributed by atoms with E-state index in [2.05, 4.69) is 31.9 Å². The number of benzene rings is 1. The summed E-state index contributed by atoms with van der Waals surface area (Å²) in [5, 5.41) is 0. The fourth-order valence-corrected chi connectivity index (χ4v) is 1.52. The molecule has 0 aliphatic carbocycles. The van der Waals surface area contributed by atoms with Gasteiger partial charge in [-0.05, 0) is 23.8 Å². The highest BCUT2D eigenvalue weighted by Gasteiger charge is 1.96. The lowest BCUT2D eigenvalue weighted by Gasteiger charge is -1.99. The lowest BCUT2D eigenvalue weighted by atomic mass is 10.2. The van der Waals surface area contributed by atoms with Crippen LogP contribution in [0.3, 0.4) is 0 Å². The maximum absolute atomic E-state index is 5.47. The maximum atomic E-state index is 5.47. The summed E-state index contributed by atoms with van der Waals surface area (Å²) in [4.78, 5) is 0. The van der Waals surface area contributed by atoms with Gasteiger partial charge < -0.3 is 5.73 Å². The number of rotatable bonds is 1. The summed E-state index contributed by atoms with van der Waals surface area (Å²) in [6.07, 6.45) is 0. The van der Waals surface area contributed by atoms with Crippen molar-refractivity contribution in [1.29, 1.82) is 0 Å². The van der Waals surface area contributed by atoms with Gasteiger partial charge in [-0.25, -0.2) is 0 Å². The van der Waals surface area contributed by atoms with Crippen LogP contribution in [-0.2, 0) is 6.54 Å². The predicted octanol–water partition coefficient (Wildman–Crippen LogP) is 2.67. The minimum absolute atomic E-state index is 0.569. The molecule has 3 heteroatoms. The summed E-state index contributed by atoms with van der Waals surface area (Å²) in [6.45, 7) is 0.569. The highest BCUT2D eigenvalue weighted by atomic mass is 79.9. The van der Waals surface area contributed by atoms with Crippen molar-refractivity contribution in [2.45, 2.75) is 6.54 Å². The van der Waals surface area contributed by atoms with Crippen LogP contribution in [0.15, 0.2) is 27.1 Å². The van der Waals surface area contributed by atoms with Crippen LogP contribution in [0.4, 0.5) is 0 Å². The summed E-state index contributed by atoms with van der Waals surface area (Å²) in [5.74, 6) is 0. The molecule has 1 rings (SSSR count). The van der Waals surface area contributed by atoms with Crippen molar-refractivity contribution in [3.8, 4) is 0 Å². The average Bonchev–Trinajstić information content (AvgIpc) is 1.94. The largest absolute Gasteiger partial charge is 0.326 e. The van der Waals surface area contributed by atoms with Crippen LogP contribution in [0.25, 0.3) is 0 Å². The monoisotopic (exact) mass is 263 g/mol. The Labute approximate surface area is 76.9 Å². The summed E-state index contributed by atoms with van der Waals surface area (Å²) in [6, 6.07) is 5.96. The van der Waals surface area contributed by atoms with E-state index in [0.717, 1.165) is 14.5 Å². The van der Waals surface area contributed by atoms with Gasteiger partial charge in [0.2, 0.25) is 0 Å². The molecule has 0 saturated heterocycles. The Hall–Kier alpha value is 0.140. The Kier molecular flexibility index (Phi) is 2.89. The van der Waals surface area contributed by atoms with Crippen LogP contribution in [0, 0.1) is 0 Å². The molecular formula is C7H7Br2N. The fourth-order valence-electron chi connectivity index (χ4n) is 0.700. The molecule has 0 amide bonds. The second-order valence-electron chi connectivity index (χ2n) is 1.94. The molecule has 0 fully saturated rings. The number of halogens is 2. The molecular weight excluding hydrogens is 258 g/mol. The zero-order valence-electron chi connectivity index (χ0n) is 5.27. The molecule has 0 heterocycles. The lowest BCUT2D eigenvalue weighted by Crippen LogP contribution is -1.96. The van der Waals surface area contributed by atoms with Gasteiger partial charge in [0.25, 0.3) is 0 Å². The van der Waals surface area contributed by atoms with Crippen molar-refractivity contribution in [1.82, 2.24) is 0 Å². The summed E-state index contributed by atoms with van der Waals surface area (Å²) < 4.78 is 2.13. The molecule has 0 saturated carbocycles. The quantitative estimate of drug-likeness (QED) is 0.829. The first-order chi connectivity index (χ1) is 4.74. The van der Waals surface area contributed by atoms with Crippen LogP contribution in [0.5, 0.6) is 0 Å². The van der Waals surface area contributed by atoms with Crippen LogP contribution >= 0.6 is 31.9 Å². The molecule has 0 unspecified atom stereocenters. The van der Waals surface area contributed by atoms with Gasteiger partial charge in [0.15, 0.2) is 0 Å². The first-order valence-corrected chi connectivity index (χ1v) is 4.46. The molecule has 0 radical (unpaired) electrons. The van der Waals surface area contributed by atoms with E-state index in [-0.39, 0.29) is 0 Å². The van der Waals surface area contributed by atoms with Gasteiger partial charge in [0.1, 0.15) is 0 Å². The second kappa shape index (κ2) is 3.51. The minimum Gasteiger partial charge on any atom is -0.326 e. The normalized spacial score (nSPS) is 9.90. The smallest absolute Gasteiger partial charge is 0.0220 e. The molecule has 2 N–H and O–H groups in total. The Bertz CT molecular complexity index is 235. The van der Waals surface area contributed by atoms with Gasteiger partial charge in [0.05, 0.1) is 0 Å². The van der Waals surface area contributed by atoms with E-state index >= 15 is 0 Å². The van der Waals surface area contributed by atoms with E-state index in [9.17, 15) is 0 Å². The first-order valence-electron chi connectivity index (χ1n) is 2.88. The first kappa shape index (κ1) is 8.24. The molecule has 1 aromatic rings. The Balaban J connectivity index is 3.09. The van der Waals surface area contributed by atoms with Crippen LogP contribution in [-0.4, -0.2) is 0 Å². The molecule has 1 nitrogen and oxygen atoms in total. The van der Waals surface area contributed by atoms with Gasteiger partial charge in [-0.1, -0.05) is 31.9 Å². The van der Waals surface area contributed by atoms with E-state index in [1.807, 2.05) is 18.2 Å². The molecule has 1 aromatic carbocycles. The third-order valence-corrected chi connectivity index (χ3v) is 2.49.